The first-order valence-corrected chi connectivity index (χ1v) is 8.44. The zero-order valence-corrected chi connectivity index (χ0v) is 14.8. The van der Waals surface area contributed by atoms with Crippen molar-refractivity contribution in [2.24, 2.45) is 0 Å². The van der Waals surface area contributed by atoms with E-state index in [0.29, 0.717) is 6.54 Å². The van der Waals surface area contributed by atoms with Crippen molar-refractivity contribution in [3.8, 4) is 0 Å². The maximum Gasteiger partial charge on any atom is 0.219 e. The average molecular weight is 367 g/mol. The summed E-state index contributed by atoms with van der Waals surface area (Å²) < 4.78 is 1.12. The average Bonchev–Trinajstić information content (AvgIpc) is 2.86. The van der Waals surface area contributed by atoms with Gasteiger partial charge in [0, 0.05) is 40.9 Å². The highest BCUT2D eigenvalue weighted by atomic mass is 79.9. The Balaban J connectivity index is 2.05. The summed E-state index contributed by atoms with van der Waals surface area (Å²) in [4.78, 5) is 14.3. The number of carbonyl (C=O) groups excluding carboxylic acids is 1. The van der Waals surface area contributed by atoms with Gasteiger partial charge in [0.05, 0.1) is 6.04 Å². The summed E-state index contributed by atoms with van der Waals surface area (Å²) in [6, 6.07) is 10.6. The summed E-state index contributed by atoms with van der Waals surface area (Å²) in [6.45, 7) is 4.36. The Morgan fingerprint density at radius 1 is 1.43 bits per heavy atom. The van der Waals surface area contributed by atoms with Gasteiger partial charge in [0.1, 0.15) is 0 Å². The second-order valence-corrected chi connectivity index (χ2v) is 6.97. The van der Waals surface area contributed by atoms with Crippen LogP contribution in [0.2, 0.25) is 0 Å². The van der Waals surface area contributed by atoms with Gasteiger partial charge in [0.25, 0.3) is 0 Å². The molecule has 1 unspecified atom stereocenters. The van der Waals surface area contributed by atoms with Crippen LogP contribution in [0.15, 0.2) is 40.2 Å². The number of anilines is 1. The molecule has 1 N–H and O–H groups in total. The molecule has 0 aliphatic heterocycles. The third-order valence-corrected chi connectivity index (χ3v) is 5.16. The van der Waals surface area contributed by atoms with Crippen molar-refractivity contribution in [2.45, 2.75) is 26.4 Å². The van der Waals surface area contributed by atoms with Crippen molar-refractivity contribution in [3.63, 3.8) is 0 Å². The molecular formula is C16H19BrN2OS. The number of thiophene rings is 1. The summed E-state index contributed by atoms with van der Waals surface area (Å²) in [6.07, 6.45) is 0. The number of rotatable bonds is 5. The van der Waals surface area contributed by atoms with Gasteiger partial charge in [-0.3, -0.25) is 4.79 Å². The zero-order chi connectivity index (χ0) is 15.4. The van der Waals surface area contributed by atoms with E-state index in [1.807, 2.05) is 19.2 Å². The Kier molecular flexibility index (Phi) is 5.42. The molecule has 2 rings (SSSR count). The number of halogens is 1. The van der Waals surface area contributed by atoms with Crippen LogP contribution in [-0.4, -0.2) is 17.9 Å². The van der Waals surface area contributed by atoms with Crippen LogP contribution in [0.1, 0.15) is 30.3 Å². The van der Waals surface area contributed by atoms with Crippen molar-refractivity contribution < 1.29 is 4.79 Å². The highest BCUT2D eigenvalue weighted by Gasteiger charge is 2.09. The molecule has 0 bridgehead atoms. The summed E-state index contributed by atoms with van der Waals surface area (Å²) in [5, 5.41) is 5.59. The van der Waals surface area contributed by atoms with Crippen molar-refractivity contribution in [1.29, 1.82) is 0 Å². The molecule has 3 nitrogen and oxygen atoms in total. The van der Waals surface area contributed by atoms with Crippen LogP contribution in [0.25, 0.3) is 0 Å². The van der Waals surface area contributed by atoms with Crippen LogP contribution in [0.5, 0.6) is 0 Å². The predicted molar refractivity (Wildman–Crippen MR) is 92.6 cm³/mol. The van der Waals surface area contributed by atoms with E-state index in [0.717, 1.165) is 15.7 Å². The number of nitrogens with zero attached hydrogens (tertiary/aromatic N) is 1. The molecule has 1 aromatic carbocycles. The minimum atomic E-state index is 0.0742. The van der Waals surface area contributed by atoms with E-state index in [1.54, 1.807) is 23.2 Å². The Labute approximate surface area is 138 Å². The minimum absolute atomic E-state index is 0.0742. The van der Waals surface area contributed by atoms with Crippen LogP contribution >= 0.6 is 27.3 Å². The van der Waals surface area contributed by atoms with Crippen LogP contribution in [-0.2, 0) is 11.3 Å². The molecule has 1 heterocycles. The third kappa shape index (κ3) is 4.58. The van der Waals surface area contributed by atoms with Gasteiger partial charge in [-0.1, -0.05) is 12.1 Å². The van der Waals surface area contributed by atoms with Crippen LogP contribution < -0.4 is 5.32 Å². The van der Waals surface area contributed by atoms with E-state index >= 15 is 0 Å². The number of amides is 1. The third-order valence-electron chi connectivity index (χ3n) is 3.28. The van der Waals surface area contributed by atoms with Gasteiger partial charge in [-0.25, -0.2) is 0 Å². The largest absolute Gasteiger partial charge is 0.378 e. The lowest BCUT2D eigenvalue weighted by molar-refractivity contribution is -0.128. The van der Waals surface area contributed by atoms with Crippen molar-refractivity contribution >= 4 is 38.9 Å². The molecule has 112 valence electrons. The molecule has 1 amide bonds. The lowest BCUT2D eigenvalue weighted by Crippen LogP contribution is -2.23. The van der Waals surface area contributed by atoms with Gasteiger partial charge in [-0.15, -0.1) is 11.3 Å². The summed E-state index contributed by atoms with van der Waals surface area (Å²) in [5.74, 6) is 0.0742. The number of hydrogen-bond acceptors (Lipinski definition) is 3. The topological polar surface area (TPSA) is 32.3 Å². The minimum Gasteiger partial charge on any atom is -0.378 e. The molecule has 21 heavy (non-hydrogen) atoms. The highest BCUT2D eigenvalue weighted by Crippen LogP contribution is 2.28. The second-order valence-electron chi connectivity index (χ2n) is 5.11. The molecule has 1 atom stereocenters. The quantitative estimate of drug-likeness (QED) is 0.834. The Bertz CT molecular complexity index is 626. The Hall–Kier alpha value is -1.33. The van der Waals surface area contributed by atoms with Crippen LogP contribution in [0, 0.1) is 0 Å². The van der Waals surface area contributed by atoms with Crippen LogP contribution in [0.3, 0.4) is 0 Å². The molecule has 0 fully saturated rings. The molecule has 1 aromatic heterocycles. The molecular weight excluding hydrogens is 348 g/mol. The van der Waals surface area contributed by atoms with E-state index in [9.17, 15) is 4.79 Å². The van der Waals surface area contributed by atoms with Gasteiger partial charge in [-0.2, -0.15) is 0 Å². The molecule has 0 aliphatic rings. The first-order chi connectivity index (χ1) is 9.95. The lowest BCUT2D eigenvalue weighted by Gasteiger charge is -2.17. The van der Waals surface area contributed by atoms with E-state index in [4.69, 9.17) is 0 Å². The molecule has 0 saturated heterocycles. The number of nitrogens with one attached hydrogen (secondary N) is 1. The smallest absolute Gasteiger partial charge is 0.219 e. The van der Waals surface area contributed by atoms with Gasteiger partial charge in [-0.05, 0) is 46.6 Å². The highest BCUT2D eigenvalue weighted by molar-refractivity contribution is 9.10. The first kappa shape index (κ1) is 16.0. The Morgan fingerprint density at radius 3 is 2.81 bits per heavy atom. The molecule has 0 radical (unpaired) electrons. The van der Waals surface area contributed by atoms with Crippen molar-refractivity contribution in [3.05, 3.63) is 50.6 Å². The summed E-state index contributed by atoms with van der Waals surface area (Å²) in [7, 11) is 1.81. The Morgan fingerprint density at radius 2 is 2.19 bits per heavy atom. The maximum absolute atomic E-state index is 11.3. The van der Waals surface area contributed by atoms with E-state index < -0.39 is 0 Å². The normalized spacial score (nSPS) is 12.0. The maximum atomic E-state index is 11.3. The molecule has 2 aromatic rings. The van der Waals surface area contributed by atoms with E-state index in [1.165, 1.54) is 4.88 Å². The standard InChI is InChI=1S/C16H19BrN2OS/c1-11(16-8-14(17)10-21-16)18-15-6-4-5-13(7-15)9-19(3)12(2)20/h4-8,10-11,18H,9H2,1-3H3. The van der Waals surface area contributed by atoms with Gasteiger partial charge in [0.2, 0.25) is 5.91 Å². The lowest BCUT2D eigenvalue weighted by atomic mass is 10.1. The fraction of sp³-hybridized carbons (Fsp3) is 0.312. The number of carbonyl (C=O) groups is 1. The molecule has 0 saturated carbocycles. The molecule has 0 aliphatic carbocycles. The monoisotopic (exact) mass is 366 g/mol. The van der Waals surface area contributed by atoms with E-state index in [2.05, 4.69) is 51.7 Å². The summed E-state index contributed by atoms with van der Waals surface area (Å²) >= 11 is 5.22. The zero-order valence-electron chi connectivity index (χ0n) is 12.4. The fourth-order valence-electron chi connectivity index (χ4n) is 2.02. The van der Waals surface area contributed by atoms with Gasteiger partial charge in [0.15, 0.2) is 0 Å². The SMILES string of the molecule is CC(=O)N(C)Cc1cccc(NC(C)c2cc(Br)cs2)c1. The number of benzene rings is 1. The van der Waals surface area contributed by atoms with Gasteiger partial charge >= 0.3 is 0 Å². The fourth-order valence-corrected chi connectivity index (χ4v) is 3.47. The molecule has 0 spiro atoms. The second kappa shape index (κ2) is 7.09. The summed E-state index contributed by atoms with van der Waals surface area (Å²) in [5.41, 5.74) is 2.19. The van der Waals surface area contributed by atoms with Crippen molar-refractivity contribution in [1.82, 2.24) is 4.90 Å². The van der Waals surface area contributed by atoms with Crippen molar-refractivity contribution in [2.75, 3.05) is 12.4 Å². The van der Waals surface area contributed by atoms with Gasteiger partial charge < -0.3 is 10.2 Å². The first-order valence-electron chi connectivity index (χ1n) is 6.77. The molecule has 5 heteroatoms. The predicted octanol–water partition coefficient (Wildman–Crippen LogP) is 4.66. The van der Waals surface area contributed by atoms with E-state index in [-0.39, 0.29) is 11.9 Å². The number of hydrogen-bond donors (Lipinski definition) is 1. The van der Waals surface area contributed by atoms with Crippen LogP contribution in [0.4, 0.5) is 5.69 Å².